The largest absolute Gasteiger partial charge is 0.435 e. The van der Waals surface area contributed by atoms with Crippen LogP contribution >= 0.6 is 0 Å². The molecule has 2 aromatic rings. The van der Waals surface area contributed by atoms with Gasteiger partial charge in [-0.3, -0.25) is 9.48 Å². The van der Waals surface area contributed by atoms with Gasteiger partial charge in [-0.15, -0.1) is 0 Å². The number of rotatable bonds is 4. The molecule has 2 bridgehead atoms. The van der Waals surface area contributed by atoms with Crippen molar-refractivity contribution in [2.75, 3.05) is 5.32 Å². The number of aromatic nitrogens is 2. The summed E-state index contributed by atoms with van der Waals surface area (Å²) in [6.07, 6.45) is -11.3. The second-order valence-electron chi connectivity index (χ2n) is 9.07. The van der Waals surface area contributed by atoms with Crippen LogP contribution in [0.15, 0.2) is 24.4 Å². The molecule has 1 aromatic carbocycles. The Morgan fingerprint density at radius 2 is 1.85 bits per heavy atom. The van der Waals surface area contributed by atoms with Gasteiger partial charge in [0.25, 0.3) is 0 Å². The van der Waals surface area contributed by atoms with E-state index in [1.54, 1.807) is 13.8 Å². The predicted molar refractivity (Wildman–Crippen MR) is 108 cm³/mol. The van der Waals surface area contributed by atoms with Gasteiger partial charge in [0.2, 0.25) is 5.91 Å². The standard InChI is InChI=1S/C22H23F6N3O3/c1-9(2)31-8-13(19(30-31)22(26,27)28)16-17(15-7-14(32)18(16)34-15)20(33)29-12-5-10(3)4-11(6-12)21(23,24)25/h4-6,8-9,14-18,32H,7H2,1-3H3,(H,29,33)/t14-,15+,16+,17-,18-/m0/s1. The summed E-state index contributed by atoms with van der Waals surface area (Å²) in [5, 5.41) is 16.4. The number of alkyl halides is 6. The molecule has 2 fully saturated rings. The first kappa shape index (κ1) is 24.5. The quantitative estimate of drug-likeness (QED) is 0.609. The number of amides is 1. The summed E-state index contributed by atoms with van der Waals surface area (Å²) in [5.74, 6) is -3.12. The van der Waals surface area contributed by atoms with Gasteiger partial charge in [-0.2, -0.15) is 31.4 Å². The normalized spacial score (nSPS) is 27.0. The van der Waals surface area contributed by atoms with Crippen LogP contribution in [0.5, 0.6) is 0 Å². The molecule has 6 nitrogen and oxygen atoms in total. The van der Waals surface area contributed by atoms with Crippen LogP contribution in [0.25, 0.3) is 0 Å². The molecule has 3 heterocycles. The van der Waals surface area contributed by atoms with E-state index < -0.39 is 65.7 Å². The number of aliphatic hydroxyl groups excluding tert-OH is 1. The molecule has 5 atom stereocenters. The van der Waals surface area contributed by atoms with Crippen molar-refractivity contribution in [1.29, 1.82) is 0 Å². The van der Waals surface area contributed by atoms with Gasteiger partial charge in [0.15, 0.2) is 5.69 Å². The molecule has 4 rings (SSSR count). The average molecular weight is 491 g/mol. The van der Waals surface area contributed by atoms with Crippen molar-refractivity contribution >= 4 is 11.6 Å². The number of fused-ring (bicyclic) bond motifs is 2. The second kappa shape index (κ2) is 8.26. The maximum atomic E-state index is 13.8. The number of carbonyl (C=O) groups excluding carboxylic acids is 1. The maximum absolute atomic E-state index is 13.8. The summed E-state index contributed by atoms with van der Waals surface area (Å²) in [4.78, 5) is 13.2. The second-order valence-corrected chi connectivity index (χ2v) is 9.07. The molecule has 12 heteroatoms. The number of aryl methyl sites for hydroxylation is 1. The van der Waals surface area contributed by atoms with E-state index >= 15 is 0 Å². The highest BCUT2D eigenvalue weighted by Crippen LogP contribution is 2.51. The third kappa shape index (κ3) is 4.40. The van der Waals surface area contributed by atoms with Crippen LogP contribution in [0.3, 0.4) is 0 Å². The van der Waals surface area contributed by atoms with E-state index in [9.17, 15) is 36.2 Å². The molecular weight excluding hydrogens is 468 g/mol. The minimum atomic E-state index is -4.82. The number of benzene rings is 1. The van der Waals surface area contributed by atoms with E-state index in [0.717, 1.165) is 16.8 Å². The van der Waals surface area contributed by atoms with Gasteiger partial charge in [-0.25, -0.2) is 0 Å². The predicted octanol–water partition coefficient (Wildman–Crippen LogP) is 4.68. The number of hydrogen-bond acceptors (Lipinski definition) is 4. The highest BCUT2D eigenvalue weighted by atomic mass is 19.4. The minimum absolute atomic E-state index is 0.0283. The van der Waals surface area contributed by atoms with Crippen molar-refractivity contribution in [3.63, 3.8) is 0 Å². The third-order valence-corrected chi connectivity index (χ3v) is 6.22. The highest BCUT2D eigenvalue weighted by Gasteiger charge is 2.59. The number of anilines is 1. The Bertz CT molecular complexity index is 1090. The highest BCUT2D eigenvalue weighted by molar-refractivity contribution is 5.94. The Balaban J connectivity index is 1.72. The lowest BCUT2D eigenvalue weighted by Gasteiger charge is -2.30. The summed E-state index contributed by atoms with van der Waals surface area (Å²) in [6.45, 7) is 4.72. The molecule has 2 saturated heterocycles. The first-order valence-electron chi connectivity index (χ1n) is 10.7. The molecule has 0 saturated carbocycles. The number of carbonyl (C=O) groups is 1. The molecule has 0 aliphatic carbocycles. The molecule has 1 aromatic heterocycles. The Labute approximate surface area is 190 Å². The average Bonchev–Trinajstić information content (AvgIpc) is 3.37. The minimum Gasteiger partial charge on any atom is -0.390 e. The van der Waals surface area contributed by atoms with E-state index in [1.165, 1.54) is 19.2 Å². The van der Waals surface area contributed by atoms with Crippen LogP contribution in [0, 0.1) is 12.8 Å². The maximum Gasteiger partial charge on any atom is 0.435 e. The topological polar surface area (TPSA) is 76.4 Å². The van der Waals surface area contributed by atoms with Crippen molar-refractivity contribution in [2.45, 2.75) is 69.8 Å². The summed E-state index contributed by atoms with van der Waals surface area (Å²) in [6, 6.07) is 2.62. The van der Waals surface area contributed by atoms with Crippen molar-refractivity contribution in [3.05, 3.63) is 46.8 Å². The van der Waals surface area contributed by atoms with Gasteiger partial charge in [0.05, 0.1) is 29.8 Å². The van der Waals surface area contributed by atoms with Gasteiger partial charge < -0.3 is 15.2 Å². The molecule has 2 aliphatic rings. The summed E-state index contributed by atoms with van der Waals surface area (Å²) in [5.41, 5.74) is -2.31. The molecule has 0 spiro atoms. The molecule has 2 aliphatic heterocycles. The molecule has 34 heavy (non-hydrogen) atoms. The summed E-state index contributed by atoms with van der Waals surface area (Å²) >= 11 is 0. The lowest BCUT2D eigenvalue weighted by molar-refractivity contribution is -0.143. The van der Waals surface area contributed by atoms with Gasteiger partial charge in [0, 0.05) is 35.8 Å². The number of ether oxygens (including phenoxy) is 1. The Morgan fingerprint density at radius 1 is 1.18 bits per heavy atom. The Morgan fingerprint density at radius 3 is 2.44 bits per heavy atom. The molecular formula is C22H23F6N3O3. The van der Waals surface area contributed by atoms with Crippen LogP contribution in [0.4, 0.5) is 32.0 Å². The van der Waals surface area contributed by atoms with Crippen molar-refractivity contribution in [1.82, 2.24) is 9.78 Å². The number of nitrogens with zero attached hydrogens (tertiary/aromatic N) is 2. The van der Waals surface area contributed by atoms with E-state index in [-0.39, 0.29) is 23.2 Å². The smallest absolute Gasteiger partial charge is 0.390 e. The molecule has 0 radical (unpaired) electrons. The number of hydrogen-bond donors (Lipinski definition) is 2. The third-order valence-electron chi connectivity index (χ3n) is 6.22. The van der Waals surface area contributed by atoms with Crippen molar-refractivity contribution in [3.8, 4) is 0 Å². The lowest BCUT2D eigenvalue weighted by Crippen LogP contribution is -2.41. The summed E-state index contributed by atoms with van der Waals surface area (Å²) in [7, 11) is 0. The fourth-order valence-corrected chi connectivity index (χ4v) is 4.79. The van der Waals surface area contributed by atoms with Crippen LogP contribution in [-0.4, -0.2) is 39.1 Å². The van der Waals surface area contributed by atoms with Gasteiger partial charge in [0.1, 0.15) is 0 Å². The van der Waals surface area contributed by atoms with E-state index in [2.05, 4.69) is 10.4 Å². The van der Waals surface area contributed by atoms with Gasteiger partial charge in [-0.05, 0) is 44.5 Å². The van der Waals surface area contributed by atoms with Crippen LogP contribution in [0.1, 0.15) is 54.6 Å². The zero-order valence-corrected chi connectivity index (χ0v) is 18.4. The van der Waals surface area contributed by atoms with E-state index in [4.69, 9.17) is 4.74 Å². The molecule has 0 unspecified atom stereocenters. The fourth-order valence-electron chi connectivity index (χ4n) is 4.79. The van der Waals surface area contributed by atoms with Crippen LogP contribution in [0.2, 0.25) is 0 Å². The van der Waals surface area contributed by atoms with Crippen LogP contribution < -0.4 is 5.32 Å². The van der Waals surface area contributed by atoms with Crippen molar-refractivity contribution < 1.29 is 41.0 Å². The molecule has 2 N–H and O–H groups in total. The number of aliphatic hydroxyl groups is 1. The van der Waals surface area contributed by atoms with Gasteiger partial charge >= 0.3 is 12.4 Å². The number of halogens is 6. The lowest BCUT2D eigenvalue weighted by atomic mass is 9.73. The first-order chi connectivity index (χ1) is 15.7. The molecule has 186 valence electrons. The monoisotopic (exact) mass is 491 g/mol. The zero-order valence-electron chi connectivity index (χ0n) is 18.4. The molecule has 1 amide bonds. The zero-order chi connectivity index (χ0) is 25.2. The van der Waals surface area contributed by atoms with Gasteiger partial charge in [-0.1, -0.05) is 0 Å². The summed E-state index contributed by atoms with van der Waals surface area (Å²) < 4.78 is 87.8. The number of nitrogens with one attached hydrogen (secondary N) is 1. The fraction of sp³-hybridized carbons (Fsp3) is 0.545. The van der Waals surface area contributed by atoms with E-state index in [1.807, 2.05) is 0 Å². The Kier molecular flexibility index (Phi) is 5.96. The SMILES string of the molecule is Cc1cc(NC(=O)[C@@H]2[C@@H](c3cn(C(C)C)nc3C(F)(F)F)[C@H]3O[C@@H]2C[C@@H]3O)cc(C(F)(F)F)c1. The van der Waals surface area contributed by atoms with E-state index in [0.29, 0.717) is 0 Å². The first-order valence-corrected chi connectivity index (χ1v) is 10.7. The van der Waals surface area contributed by atoms with Crippen LogP contribution in [-0.2, 0) is 21.9 Å². The van der Waals surface area contributed by atoms with Crippen molar-refractivity contribution in [2.24, 2.45) is 5.92 Å². The Hall–Kier alpha value is -2.60.